The lowest BCUT2D eigenvalue weighted by atomic mass is 10.0. The van der Waals surface area contributed by atoms with E-state index in [1.54, 1.807) is 0 Å². The minimum Gasteiger partial charge on any atom is -0.505 e. The number of hydrogen-bond donors (Lipinski definition) is 14. The van der Waals surface area contributed by atoms with E-state index < -0.39 is 308 Å². The number of phenols is 3. The minimum atomic E-state index is -5.98. The van der Waals surface area contributed by atoms with E-state index in [9.17, 15) is 165 Å². The Labute approximate surface area is 645 Å². The van der Waals surface area contributed by atoms with Crippen molar-refractivity contribution in [3.8, 4) is 23.0 Å². The van der Waals surface area contributed by atoms with Crippen LogP contribution in [0.5, 0.6) is 23.0 Å². The average Bonchev–Trinajstić information content (AvgIpc) is 0.748. The van der Waals surface area contributed by atoms with Gasteiger partial charge in [-0.3, -0.25) is 65.8 Å². The molecule has 0 bridgehead atoms. The summed E-state index contributed by atoms with van der Waals surface area (Å²) in [6, 6.07) is 9.43. The van der Waals surface area contributed by atoms with Crippen molar-refractivity contribution in [3.05, 3.63) is 129 Å². The molecule has 0 atom stereocenters. The van der Waals surface area contributed by atoms with E-state index in [1.165, 1.54) is 0 Å². The van der Waals surface area contributed by atoms with Gasteiger partial charge in [0.2, 0.25) is 0 Å². The monoisotopic (exact) mass is 1810 g/mol. The van der Waals surface area contributed by atoms with Gasteiger partial charge in [-0.1, -0.05) is 0 Å². The van der Waals surface area contributed by atoms with Crippen LogP contribution in [0.1, 0.15) is 6.42 Å². The molecule has 0 saturated heterocycles. The van der Waals surface area contributed by atoms with Crippen molar-refractivity contribution >= 4 is 218 Å². The number of nitro benzene ring substituents is 2. The summed E-state index contributed by atoms with van der Waals surface area (Å²) >= 11 is 0. The average molecular weight is 1810 g/mol. The van der Waals surface area contributed by atoms with E-state index in [4.69, 9.17) is 10.5 Å². The zero-order valence-corrected chi connectivity index (χ0v) is 63.7. The normalized spacial score (nSPS) is 13.5. The van der Waals surface area contributed by atoms with Gasteiger partial charge in [0, 0.05) is 68.0 Å². The first-order valence-electron chi connectivity index (χ1n) is 29.6. The van der Waals surface area contributed by atoms with Crippen molar-refractivity contribution in [3.63, 3.8) is 0 Å². The standard InChI is InChI=1S/C55H39N13O38S10/c56-47-37(21-41(110(85,86)87)32-20-45(114(97,98)99)50(53(71)46(32)47)66-60-34-7-3-24(67(72)73)16-42(34)111(88,89)90)63-61-35-8-4-26-30(54(35)115(100,101)102)18-44(113(94,95)96)49(52(26)70)65-62-36-9-5-27-31(55(36)116(103,104)105)19-43(112(91,92)93)48(51(27)69)64-59-33-6-2-22(13-38(33)106-10-1-11-107(76,77)78)57-58-23-12-28-29(39(14-23)108(79,80)81)15-25(68(74)75)17-40(28)109(82,83)84/h2-9,12-21,69-71H,1,10-11,56H2,(H,76,77,78)(H,79,80,81)(H,82,83,84)(H,85,86,87)(H,88,89,90)(H,91,92,93)(H,94,95,96)(H,97,98,99)(H,100,101,102)(H,103,104,105). The van der Waals surface area contributed by atoms with Crippen LogP contribution in [-0.4, -0.2) is 167 Å². The highest BCUT2D eigenvalue weighted by atomic mass is 32.3. The van der Waals surface area contributed by atoms with Crippen molar-refractivity contribution in [2.75, 3.05) is 18.1 Å². The predicted octanol–water partition coefficient (Wildman–Crippen LogP) is 9.77. The molecule has 0 aliphatic carbocycles. The predicted molar refractivity (Wildman–Crippen MR) is 387 cm³/mol. The van der Waals surface area contributed by atoms with E-state index in [0.717, 1.165) is 24.3 Å². The number of rotatable bonds is 26. The number of hydrogen-bond acceptors (Lipinski definition) is 39. The van der Waals surface area contributed by atoms with Crippen LogP contribution >= 0.6 is 0 Å². The number of non-ortho nitro benzene ring substituents is 2. The highest BCUT2D eigenvalue weighted by molar-refractivity contribution is 7.88. The Hall–Kier alpha value is -11.9. The second kappa shape index (κ2) is 30.4. The summed E-state index contributed by atoms with van der Waals surface area (Å²) < 4.78 is 362. The first-order chi connectivity index (χ1) is 53.2. The molecule has 0 unspecified atom stereocenters. The molecule has 0 fully saturated rings. The quantitative estimate of drug-likeness (QED) is 0.00598. The van der Waals surface area contributed by atoms with Gasteiger partial charge in [0.15, 0.2) is 17.2 Å². The molecule has 0 aromatic heterocycles. The van der Waals surface area contributed by atoms with Crippen molar-refractivity contribution in [2.45, 2.75) is 50.5 Å². The Balaban J connectivity index is 1.07. The second-order valence-corrected chi connectivity index (χ2v) is 37.0. The van der Waals surface area contributed by atoms with E-state index in [0.29, 0.717) is 54.6 Å². The van der Waals surface area contributed by atoms with Crippen molar-refractivity contribution in [2.24, 2.45) is 51.1 Å². The fraction of sp³-hybridized carbons (Fsp3) is 0.0545. The molecule has 0 heterocycles. The van der Waals surface area contributed by atoms with Crippen LogP contribution < -0.4 is 10.5 Å². The largest absolute Gasteiger partial charge is 0.505 e. The molecular weight excluding hydrogens is 1770 g/mol. The van der Waals surface area contributed by atoms with Gasteiger partial charge in [-0.25, -0.2) is 0 Å². The van der Waals surface area contributed by atoms with Crippen LogP contribution in [0, 0.1) is 20.2 Å². The molecule has 0 aliphatic heterocycles. The fourth-order valence-electron chi connectivity index (χ4n) is 10.7. The van der Waals surface area contributed by atoms with Gasteiger partial charge >= 0.3 is 0 Å². The molecule has 10 rings (SSSR count). The Bertz CT molecular complexity index is 7500. The lowest BCUT2D eigenvalue weighted by Crippen LogP contribution is -2.08. The number of nitrogens with zero attached hydrogens (tertiary/aromatic N) is 12. The van der Waals surface area contributed by atoms with Gasteiger partial charge in [-0.15, -0.1) is 40.9 Å². The molecule has 0 aliphatic rings. The molecule has 10 aromatic rings. The third-order valence-electron chi connectivity index (χ3n) is 15.5. The topological polar surface area (TPSA) is 850 Å². The summed E-state index contributed by atoms with van der Waals surface area (Å²) in [4.78, 5) is 7.27. The summed E-state index contributed by atoms with van der Waals surface area (Å²) in [5, 5.41) is 86.0. The van der Waals surface area contributed by atoms with Crippen LogP contribution in [0.15, 0.2) is 204 Å². The second-order valence-electron chi connectivity index (χ2n) is 23.0. The molecule has 0 amide bonds. The summed E-state index contributed by atoms with van der Waals surface area (Å²) in [7, 11) is -56.2. The zero-order valence-electron chi connectivity index (χ0n) is 55.6. The molecule has 61 heteroatoms. The van der Waals surface area contributed by atoms with E-state index >= 15 is 0 Å². The third-order valence-corrected chi connectivity index (χ3v) is 24.4. The smallest absolute Gasteiger partial charge is 0.297 e. The SMILES string of the molecule is Nc1c(N=Nc2ccc3c(O)c(N=Nc4ccc5c(O)c(N=Nc6ccc(N=Nc7cc(S(=O)(=O)O)c8cc([N+](=O)[O-])cc(S(=O)(=O)O)c8c7)cc6OCCCS(=O)(=O)O)c(S(=O)(=O)O)cc5c4S(=O)(=O)O)c(S(=O)(=O)O)cc3c2S(=O)(=O)O)cc(S(=O)(=O)O)c2cc(S(=O)(=O)O)c(N=Nc3ccc([N+](=O)[O-])cc3S(=O)(=O)O)c(O)c12. The highest BCUT2D eigenvalue weighted by Crippen LogP contribution is 2.52. The van der Waals surface area contributed by atoms with Crippen molar-refractivity contribution in [1.82, 2.24) is 0 Å². The van der Waals surface area contributed by atoms with Gasteiger partial charge in [-0.2, -0.15) is 94.4 Å². The van der Waals surface area contributed by atoms with E-state index in [1.807, 2.05) is 0 Å². The number of ether oxygens (including phenoxy) is 1. The molecule has 10 aromatic carbocycles. The summed E-state index contributed by atoms with van der Waals surface area (Å²) in [5.74, 6) is -6.19. The van der Waals surface area contributed by atoms with Crippen LogP contribution in [0.2, 0.25) is 0 Å². The number of benzene rings is 10. The van der Waals surface area contributed by atoms with Gasteiger partial charge < -0.3 is 25.8 Å². The van der Waals surface area contributed by atoms with Crippen LogP contribution in [0.3, 0.4) is 0 Å². The van der Waals surface area contributed by atoms with Crippen LogP contribution in [-0.2, 0) is 101 Å². The van der Waals surface area contributed by atoms with E-state index in [-0.39, 0.29) is 36.0 Å². The molecule has 15 N–H and O–H groups in total. The summed E-state index contributed by atoms with van der Waals surface area (Å²) in [5.41, 5.74) is -7.30. The maximum absolute atomic E-state index is 13.3. The number of fused-ring (bicyclic) bond motifs is 4. The Morgan fingerprint density at radius 2 is 0.707 bits per heavy atom. The molecule has 0 radical (unpaired) electrons. The molecular formula is C55H39N13O38S10. The van der Waals surface area contributed by atoms with E-state index in [2.05, 4.69) is 51.1 Å². The minimum absolute atomic E-state index is 0.127. The maximum atomic E-state index is 13.3. The maximum Gasteiger partial charge on any atom is 0.297 e. The summed E-state index contributed by atoms with van der Waals surface area (Å²) in [6.07, 6.45) is -0.506. The van der Waals surface area contributed by atoms with Crippen LogP contribution in [0.25, 0.3) is 43.1 Å². The van der Waals surface area contributed by atoms with Gasteiger partial charge in [-0.05, 0) is 85.3 Å². The Morgan fingerprint density at radius 1 is 0.328 bits per heavy atom. The molecule has 51 nitrogen and oxygen atoms in total. The highest BCUT2D eigenvalue weighted by Gasteiger charge is 2.35. The van der Waals surface area contributed by atoms with Crippen molar-refractivity contribution < 1.29 is 160 Å². The Morgan fingerprint density at radius 3 is 1.16 bits per heavy atom. The number of nitro groups is 2. The number of aromatic hydroxyl groups is 3. The molecule has 116 heavy (non-hydrogen) atoms. The third kappa shape index (κ3) is 18.3. The lowest BCUT2D eigenvalue weighted by Gasteiger charge is -2.15. The number of nitrogens with two attached hydrogens (primary N) is 1. The zero-order chi connectivity index (χ0) is 86.4. The molecule has 0 saturated carbocycles. The number of nitrogen functional groups attached to an aromatic ring is 1. The fourth-order valence-corrected chi connectivity index (χ4v) is 17.6. The van der Waals surface area contributed by atoms with Gasteiger partial charge in [0.05, 0.1) is 44.7 Å². The molecule has 612 valence electrons. The lowest BCUT2D eigenvalue weighted by molar-refractivity contribution is -0.385. The number of phenolic OH excluding ortho intramolecular Hbond substituents is 3. The first-order valence-corrected chi connectivity index (χ1v) is 44.1. The Kier molecular flexibility index (Phi) is 22.7. The molecule has 0 spiro atoms. The first kappa shape index (κ1) is 86.5. The summed E-state index contributed by atoms with van der Waals surface area (Å²) in [6.45, 7) is -0.657. The van der Waals surface area contributed by atoms with Crippen molar-refractivity contribution in [1.29, 1.82) is 0 Å². The van der Waals surface area contributed by atoms with Crippen LogP contribution in [0.4, 0.5) is 73.9 Å². The van der Waals surface area contributed by atoms with Gasteiger partial charge in [0.1, 0.15) is 95.3 Å². The van der Waals surface area contributed by atoms with Gasteiger partial charge in [0.25, 0.3) is 113 Å². The number of anilines is 1. The number of azo groups is 5.